The minimum atomic E-state index is -0.0697. The van der Waals surface area contributed by atoms with Gasteiger partial charge >= 0.3 is 0 Å². The van der Waals surface area contributed by atoms with Gasteiger partial charge in [0, 0.05) is 19.8 Å². The Labute approximate surface area is 119 Å². The van der Waals surface area contributed by atoms with E-state index >= 15 is 0 Å². The van der Waals surface area contributed by atoms with Crippen LogP contribution in [-0.4, -0.2) is 38.5 Å². The van der Waals surface area contributed by atoms with E-state index in [9.17, 15) is 0 Å². The Morgan fingerprint density at radius 2 is 1.95 bits per heavy atom. The Morgan fingerprint density at radius 1 is 1.26 bits per heavy atom. The minimum absolute atomic E-state index is 0.0697. The second-order valence-electron chi connectivity index (χ2n) is 6.39. The molecule has 0 spiro atoms. The molecule has 0 bridgehead atoms. The quantitative estimate of drug-likeness (QED) is 0.618. The topological polar surface area (TPSA) is 30.5 Å². The maximum Gasteiger partial charge on any atom is 0.0644 e. The highest BCUT2D eigenvalue weighted by Crippen LogP contribution is 2.28. The van der Waals surface area contributed by atoms with Gasteiger partial charge in [-0.2, -0.15) is 0 Å². The van der Waals surface area contributed by atoms with Crippen molar-refractivity contribution in [1.29, 1.82) is 0 Å². The molecule has 114 valence electrons. The molecule has 0 aromatic carbocycles. The first kappa shape index (κ1) is 16.9. The number of hydrogen-bond donors (Lipinski definition) is 1. The fourth-order valence-electron chi connectivity index (χ4n) is 2.68. The van der Waals surface area contributed by atoms with Gasteiger partial charge in [0.25, 0.3) is 0 Å². The monoisotopic (exact) mass is 271 g/mol. The zero-order chi connectivity index (χ0) is 14.1. The molecule has 1 atom stereocenters. The lowest BCUT2D eigenvalue weighted by atomic mass is 9.98. The summed E-state index contributed by atoms with van der Waals surface area (Å²) < 4.78 is 11.3. The molecule has 1 saturated carbocycles. The fraction of sp³-hybridized carbons (Fsp3) is 1.00. The molecule has 0 aromatic heterocycles. The summed E-state index contributed by atoms with van der Waals surface area (Å²) >= 11 is 0. The number of rotatable bonds is 10. The van der Waals surface area contributed by atoms with Gasteiger partial charge < -0.3 is 14.8 Å². The van der Waals surface area contributed by atoms with Gasteiger partial charge in [0.15, 0.2) is 0 Å². The van der Waals surface area contributed by atoms with Crippen LogP contribution in [0.5, 0.6) is 0 Å². The Bertz CT molecular complexity index is 225. The van der Waals surface area contributed by atoms with Crippen molar-refractivity contribution in [1.82, 2.24) is 5.32 Å². The van der Waals surface area contributed by atoms with Crippen molar-refractivity contribution in [2.24, 2.45) is 5.92 Å². The molecule has 1 aliphatic rings. The van der Waals surface area contributed by atoms with Crippen LogP contribution >= 0.6 is 0 Å². The highest BCUT2D eigenvalue weighted by Gasteiger charge is 2.25. The lowest BCUT2D eigenvalue weighted by Gasteiger charge is -2.26. The molecule has 0 radical (unpaired) electrons. The summed E-state index contributed by atoms with van der Waals surface area (Å²) in [5.74, 6) is 0.821. The standard InChI is InChI=1S/C16H33NO2/c1-5-11-17-15(14-8-6-7-9-14)13-19-12-10-16(2,3)18-4/h14-15,17H,5-13H2,1-4H3. The van der Waals surface area contributed by atoms with E-state index in [4.69, 9.17) is 9.47 Å². The van der Waals surface area contributed by atoms with Crippen LogP contribution in [-0.2, 0) is 9.47 Å². The van der Waals surface area contributed by atoms with Crippen LogP contribution in [0.15, 0.2) is 0 Å². The summed E-state index contributed by atoms with van der Waals surface area (Å²) in [6.07, 6.45) is 7.68. The van der Waals surface area contributed by atoms with Crippen LogP contribution < -0.4 is 5.32 Å². The summed E-state index contributed by atoms with van der Waals surface area (Å²) in [6, 6.07) is 0.549. The predicted molar refractivity (Wildman–Crippen MR) is 80.6 cm³/mol. The van der Waals surface area contributed by atoms with Crippen LogP contribution in [0.4, 0.5) is 0 Å². The van der Waals surface area contributed by atoms with E-state index in [0.29, 0.717) is 6.04 Å². The normalized spacial score (nSPS) is 18.9. The van der Waals surface area contributed by atoms with Crippen molar-refractivity contribution in [2.75, 3.05) is 26.9 Å². The maximum atomic E-state index is 5.90. The molecule has 0 aliphatic heterocycles. The zero-order valence-electron chi connectivity index (χ0n) is 13.3. The average Bonchev–Trinajstić information content (AvgIpc) is 2.92. The molecule has 3 nitrogen and oxygen atoms in total. The van der Waals surface area contributed by atoms with Gasteiger partial charge in [0.05, 0.1) is 12.2 Å². The summed E-state index contributed by atoms with van der Waals surface area (Å²) in [6.45, 7) is 9.19. The second-order valence-corrected chi connectivity index (χ2v) is 6.39. The Balaban J connectivity index is 2.24. The van der Waals surface area contributed by atoms with Gasteiger partial charge in [-0.25, -0.2) is 0 Å². The van der Waals surface area contributed by atoms with Gasteiger partial charge in [0.1, 0.15) is 0 Å². The van der Waals surface area contributed by atoms with E-state index in [1.54, 1.807) is 7.11 Å². The Kier molecular flexibility index (Phi) is 7.96. The van der Waals surface area contributed by atoms with E-state index in [2.05, 4.69) is 26.1 Å². The van der Waals surface area contributed by atoms with Gasteiger partial charge in [-0.1, -0.05) is 19.8 Å². The van der Waals surface area contributed by atoms with Gasteiger partial charge in [0.2, 0.25) is 0 Å². The Morgan fingerprint density at radius 3 is 2.53 bits per heavy atom. The van der Waals surface area contributed by atoms with E-state index < -0.39 is 0 Å². The van der Waals surface area contributed by atoms with Crippen LogP contribution in [0.1, 0.15) is 59.3 Å². The minimum Gasteiger partial charge on any atom is -0.380 e. The van der Waals surface area contributed by atoms with E-state index in [1.807, 2.05) is 0 Å². The molecule has 1 fully saturated rings. The van der Waals surface area contributed by atoms with Crippen molar-refractivity contribution >= 4 is 0 Å². The molecular weight excluding hydrogens is 238 g/mol. The molecule has 1 aliphatic carbocycles. The highest BCUT2D eigenvalue weighted by atomic mass is 16.5. The van der Waals surface area contributed by atoms with E-state index in [0.717, 1.165) is 32.1 Å². The first-order chi connectivity index (χ1) is 9.09. The molecule has 19 heavy (non-hydrogen) atoms. The van der Waals surface area contributed by atoms with Crippen molar-refractivity contribution in [3.63, 3.8) is 0 Å². The zero-order valence-corrected chi connectivity index (χ0v) is 13.3. The molecule has 1 rings (SSSR count). The summed E-state index contributed by atoms with van der Waals surface area (Å²) in [5.41, 5.74) is -0.0697. The largest absolute Gasteiger partial charge is 0.380 e. The van der Waals surface area contributed by atoms with Crippen LogP contribution in [0, 0.1) is 5.92 Å². The predicted octanol–water partition coefficient (Wildman–Crippen LogP) is 3.38. The Hall–Kier alpha value is -0.120. The average molecular weight is 271 g/mol. The first-order valence-corrected chi connectivity index (χ1v) is 7.95. The highest BCUT2D eigenvalue weighted by molar-refractivity contribution is 4.80. The van der Waals surface area contributed by atoms with Gasteiger partial charge in [-0.05, 0) is 52.0 Å². The SMILES string of the molecule is CCCNC(COCCC(C)(C)OC)C1CCCC1. The smallest absolute Gasteiger partial charge is 0.0644 e. The van der Waals surface area contributed by atoms with Crippen molar-refractivity contribution in [3.05, 3.63) is 0 Å². The lowest BCUT2D eigenvalue weighted by Crippen LogP contribution is -2.40. The van der Waals surface area contributed by atoms with E-state index in [-0.39, 0.29) is 5.60 Å². The van der Waals surface area contributed by atoms with Gasteiger partial charge in [-0.3, -0.25) is 0 Å². The lowest BCUT2D eigenvalue weighted by molar-refractivity contribution is -0.0142. The van der Waals surface area contributed by atoms with Crippen molar-refractivity contribution < 1.29 is 9.47 Å². The molecule has 0 aromatic rings. The van der Waals surface area contributed by atoms with Crippen LogP contribution in [0.3, 0.4) is 0 Å². The third-order valence-electron chi connectivity index (χ3n) is 4.32. The molecular formula is C16H33NO2. The number of ether oxygens (including phenoxy) is 2. The first-order valence-electron chi connectivity index (χ1n) is 7.95. The molecule has 0 amide bonds. The summed E-state index contributed by atoms with van der Waals surface area (Å²) in [5, 5.41) is 3.67. The van der Waals surface area contributed by atoms with Crippen LogP contribution in [0.25, 0.3) is 0 Å². The molecule has 1 N–H and O–H groups in total. The maximum absolute atomic E-state index is 5.90. The summed E-state index contributed by atoms with van der Waals surface area (Å²) in [4.78, 5) is 0. The van der Waals surface area contributed by atoms with E-state index in [1.165, 1.54) is 32.1 Å². The molecule has 0 heterocycles. The number of nitrogens with one attached hydrogen (secondary N) is 1. The number of hydrogen-bond acceptors (Lipinski definition) is 3. The van der Waals surface area contributed by atoms with Crippen molar-refractivity contribution in [2.45, 2.75) is 70.9 Å². The number of methoxy groups -OCH3 is 1. The fourth-order valence-corrected chi connectivity index (χ4v) is 2.68. The third kappa shape index (κ3) is 6.73. The molecule has 0 saturated heterocycles. The van der Waals surface area contributed by atoms with Crippen LogP contribution in [0.2, 0.25) is 0 Å². The second kappa shape index (κ2) is 8.93. The third-order valence-corrected chi connectivity index (χ3v) is 4.32. The van der Waals surface area contributed by atoms with Crippen molar-refractivity contribution in [3.8, 4) is 0 Å². The molecule has 1 unspecified atom stereocenters. The van der Waals surface area contributed by atoms with Gasteiger partial charge in [-0.15, -0.1) is 0 Å². The summed E-state index contributed by atoms with van der Waals surface area (Å²) in [7, 11) is 1.77. The molecule has 3 heteroatoms.